The van der Waals surface area contributed by atoms with Gasteiger partial charge >= 0.3 is 0 Å². The minimum Gasteiger partial charge on any atom is -0.366 e. The maximum Gasteiger partial charge on any atom is 0.251 e. The van der Waals surface area contributed by atoms with Crippen LogP contribution in [0.5, 0.6) is 0 Å². The van der Waals surface area contributed by atoms with E-state index in [0.29, 0.717) is 5.56 Å². The number of carbonyl (C=O) groups excluding carboxylic acids is 1. The van der Waals surface area contributed by atoms with E-state index in [2.05, 4.69) is 20.0 Å². The number of hydrogen-bond donors (Lipinski definition) is 1. The summed E-state index contributed by atoms with van der Waals surface area (Å²) in [5, 5.41) is 4.23. The molecule has 2 aromatic rings. The summed E-state index contributed by atoms with van der Waals surface area (Å²) >= 11 is 0. The number of carbonyl (C=O) groups is 1. The zero-order valence-electron chi connectivity index (χ0n) is 12.7. The molecule has 8 nitrogen and oxygen atoms in total. The Morgan fingerprint density at radius 2 is 2.27 bits per heavy atom. The van der Waals surface area contributed by atoms with E-state index in [1.165, 1.54) is 6.20 Å². The summed E-state index contributed by atoms with van der Waals surface area (Å²) in [6.07, 6.45) is 5.90. The Kier molecular flexibility index (Phi) is 3.66. The Balaban J connectivity index is 1.74. The van der Waals surface area contributed by atoms with Gasteiger partial charge in [-0.15, -0.1) is 0 Å². The van der Waals surface area contributed by atoms with E-state index in [4.69, 9.17) is 5.73 Å². The number of primary amides is 1. The average molecular weight is 301 g/mol. The van der Waals surface area contributed by atoms with E-state index in [0.717, 1.165) is 31.3 Å². The SMILES string of the molecule is CN(C)c1ccnc(N2CCC(n3cc(C(N)=O)cn3)C2)n1. The van der Waals surface area contributed by atoms with Gasteiger partial charge in [-0.1, -0.05) is 0 Å². The van der Waals surface area contributed by atoms with Crippen molar-refractivity contribution in [3.8, 4) is 0 Å². The third-order valence-electron chi connectivity index (χ3n) is 3.79. The third kappa shape index (κ3) is 2.72. The Morgan fingerprint density at radius 3 is 2.95 bits per heavy atom. The van der Waals surface area contributed by atoms with Crippen molar-refractivity contribution in [2.75, 3.05) is 37.0 Å². The lowest BCUT2D eigenvalue weighted by Gasteiger charge is -2.18. The molecule has 0 aromatic carbocycles. The van der Waals surface area contributed by atoms with Gasteiger partial charge in [0.05, 0.1) is 17.8 Å². The number of aromatic nitrogens is 4. The lowest BCUT2D eigenvalue weighted by atomic mass is 10.3. The predicted molar refractivity (Wildman–Crippen MR) is 83.0 cm³/mol. The topological polar surface area (TPSA) is 93.2 Å². The molecule has 8 heteroatoms. The van der Waals surface area contributed by atoms with Gasteiger partial charge in [0.1, 0.15) is 5.82 Å². The van der Waals surface area contributed by atoms with Crippen molar-refractivity contribution in [1.29, 1.82) is 0 Å². The van der Waals surface area contributed by atoms with Crippen LogP contribution in [0.25, 0.3) is 0 Å². The lowest BCUT2D eigenvalue weighted by Crippen LogP contribution is -2.24. The van der Waals surface area contributed by atoms with Crippen molar-refractivity contribution in [2.24, 2.45) is 5.73 Å². The maximum absolute atomic E-state index is 11.2. The van der Waals surface area contributed by atoms with Crippen molar-refractivity contribution in [3.63, 3.8) is 0 Å². The van der Waals surface area contributed by atoms with Crippen molar-refractivity contribution < 1.29 is 4.79 Å². The van der Waals surface area contributed by atoms with E-state index in [9.17, 15) is 4.79 Å². The van der Waals surface area contributed by atoms with Gasteiger partial charge in [0.25, 0.3) is 5.91 Å². The Hall–Kier alpha value is -2.64. The van der Waals surface area contributed by atoms with Crippen molar-refractivity contribution in [3.05, 3.63) is 30.2 Å². The van der Waals surface area contributed by atoms with E-state index < -0.39 is 5.91 Å². The highest BCUT2D eigenvalue weighted by atomic mass is 16.1. The molecule has 3 heterocycles. The van der Waals surface area contributed by atoms with E-state index >= 15 is 0 Å². The molecule has 0 radical (unpaired) electrons. The number of amides is 1. The summed E-state index contributed by atoms with van der Waals surface area (Å²) in [6.45, 7) is 1.62. The number of anilines is 2. The van der Waals surface area contributed by atoms with Crippen LogP contribution in [0.4, 0.5) is 11.8 Å². The monoisotopic (exact) mass is 301 g/mol. The largest absolute Gasteiger partial charge is 0.366 e. The minimum atomic E-state index is -0.455. The molecule has 1 amide bonds. The van der Waals surface area contributed by atoms with Crippen LogP contribution in [0.2, 0.25) is 0 Å². The smallest absolute Gasteiger partial charge is 0.251 e. The van der Waals surface area contributed by atoms with Crippen LogP contribution in [0.3, 0.4) is 0 Å². The standard InChI is InChI=1S/C14H19N7O/c1-19(2)12-3-5-16-14(18-12)20-6-4-11(9-20)21-8-10(7-17-21)13(15)22/h3,5,7-8,11H,4,6,9H2,1-2H3,(H2,15,22). The molecule has 3 rings (SSSR count). The van der Waals surface area contributed by atoms with Gasteiger partial charge in [-0.3, -0.25) is 9.48 Å². The van der Waals surface area contributed by atoms with Gasteiger partial charge in [-0.05, 0) is 12.5 Å². The highest BCUT2D eigenvalue weighted by Gasteiger charge is 2.26. The molecule has 0 bridgehead atoms. The van der Waals surface area contributed by atoms with Crippen LogP contribution in [0, 0.1) is 0 Å². The first-order valence-corrected chi connectivity index (χ1v) is 7.14. The summed E-state index contributed by atoms with van der Waals surface area (Å²) in [4.78, 5) is 24.1. The number of rotatable bonds is 4. The quantitative estimate of drug-likeness (QED) is 0.872. The van der Waals surface area contributed by atoms with Crippen LogP contribution in [-0.2, 0) is 0 Å². The molecular formula is C14H19N7O. The van der Waals surface area contributed by atoms with Crippen molar-refractivity contribution in [2.45, 2.75) is 12.5 Å². The molecule has 1 aliphatic heterocycles. The summed E-state index contributed by atoms with van der Waals surface area (Å²) in [5.74, 6) is 1.14. The first-order chi connectivity index (χ1) is 10.5. The molecule has 2 N–H and O–H groups in total. The molecule has 0 saturated carbocycles. The average Bonchev–Trinajstić information content (AvgIpc) is 3.16. The predicted octanol–water partition coefficient (Wildman–Crippen LogP) is 0.289. The van der Waals surface area contributed by atoms with Gasteiger partial charge < -0.3 is 15.5 Å². The van der Waals surface area contributed by atoms with Gasteiger partial charge in [-0.25, -0.2) is 4.98 Å². The molecule has 0 spiro atoms. The van der Waals surface area contributed by atoms with Gasteiger partial charge in [-0.2, -0.15) is 10.1 Å². The molecule has 22 heavy (non-hydrogen) atoms. The summed E-state index contributed by atoms with van der Waals surface area (Å²) in [5.41, 5.74) is 5.70. The van der Waals surface area contributed by atoms with E-state index in [1.54, 1.807) is 17.1 Å². The lowest BCUT2D eigenvalue weighted by molar-refractivity contribution is 0.1000. The molecule has 0 aliphatic carbocycles. The second-order valence-corrected chi connectivity index (χ2v) is 5.57. The van der Waals surface area contributed by atoms with Crippen molar-refractivity contribution in [1.82, 2.24) is 19.7 Å². The van der Waals surface area contributed by atoms with E-state index in [1.807, 2.05) is 25.1 Å². The fraction of sp³-hybridized carbons (Fsp3) is 0.429. The highest BCUT2D eigenvalue weighted by Crippen LogP contribution is 2.25. The third-order valence-corrected chi connectivity index (χ3v) is 3.79. The van der Waals surface area contributed by atoms with Gasteiger partial charge in [0, 0.05) is 39.6 Å². The minimum absolute atomic E-state index is 0.194. The fourth-order valence-corrected chi connectivity index (χ4v) is 2.54. The van der Waals surface area contributed by atoms with Crippen LogP contribution in [0.1, 0.15) is 22.8 Å². The maximum atomic E-state index is 11.2. The normalized spacial score (nSPS) is 17.7. The number of nitrogens with two attached hydrogens (primary N) is 1. The molecular weight excluding hydrogens is 282 g/mol. The van der Waals surface area contributed by atoms with Crippen LogP contribution < -0.4 is 15.5 Å². The second kappa shape index (κ2) is 5.63. The van der Waals surface area contributed by atoms with Gasteiger partial charge in [0.15, 0.2) is 0 Å². The molecule has 1 unspecified atom stereocenters. The first kappa shape index (κ1) is 14.3. The molecule has 116 valence electrons. The van der Waals surface area contributed by atoms with Crippen LogP contribution in [-0.4, -0.2) is 52.8 Å². The summed E-state index contributed by atoms with van der Waals surface area (Å²) in [7, 11) is 3.90. The number of nitrogens with zero attached hydrogens (tertiary/aromatic N) is 6. The van der Waals surface area contributed by atoms with E-state index in [-0.39, 0.29) is 6.04 Å². The first-order valence-electron chi connectivity index (χ1n) is 7.14. The molecule has 1 fully saturated rings. The van der Waals surface area contributed by atoms with Gasteiger partial charge in [0.2, 0.25) is 5.95 Å². The van der Waals surface area contributed by atoms with Crippen LogP contribution >= 0.6 is 0 Å². The molecule has 2 aromatic heterocycles. The highest BCUT2D eigenvalue weighted by molar-refractivity contribution is 5.92. The Bertz CT molecular complexity index is 681. The Labute approximate surface area is 128 Å². The van der Waals surface area contributed by atoms with Crippen LogP contribution in [0.15, 0.2) is 24.7 Å². The van der Waals surface area contributed by atoms with Crippen molar-refractivity contribution >= 4 is 17.7 Å². The summed E-state index contributed by atoms with van der Waals surface area (Å²) in [6, 6.07) is 2.07. The Morgan fingerprint density at radius 1 is 1.45 bits per heavy atom. The molecule has 1 saturated heterocycles. The molecule has 1 atom stereocenters. The second-order valence-electron chi connectivity index (χ2n) is 5.57. The zero-order chi connectivity index (χ0) is 15.7. The zero-order valence-corrected chi connectivity index (χ0v) is 12.7. The fourth-order valence-electron chi connectivity index (χ4n) is 2.54. The molecule has 1 aliphatic rings. The summed E-state index contributed by atoms with van der Waals surface area (Å²) < 4.78 is 1.80. The number of hydrogen-bond acceptors (Lipinski definition) is 6.